The SMILES string of the molecule is CCOCCN(C)C(=O)C1(C(N)=S)CCC1. The Morgan fingerprint density at radius 3 is 2.56 bits per heavy atom. The molecule has 0 unspecified atom stereocenters. The molecule has 1 amide bonds. The monoisotopic (exact) mass is 244 g/mol. The molecular weight excluding hydrogens is 224 g/mol. The minimum Gasteiger partial charge on any atom is -0.392 e. The van der Waals surface area contributed by atoms with Crippen molar-refractivity contribution in [3.05, 3.63) is 0 Å². The molecule has 0 aromatic heterocycles. The average Bonchev–Trinajstić information content (AvgIpc) is 2.15. The quantitative estimate of drug-likeness (QED) is 0.558. The first-order chi connectivity index (χ1) is 7.54. The maximum atomic E-state index is 12.2. The Balaban J connectivity index is 2.52. The van der Waals surface area contributed by atoms with E-state index in [4.69, 9.17) is 22.7 Å². The van der Waals surface area contributed by atoms with Gasteiger partial charge in [-0.15, -0.1) is 0 Å². The van der Waals surface area contributed by atoms with Crippen molar-refractivity contribution in [2.24, 2.45) is 11.1 Å². The zero-order valence-corrected chi connectivity index (χ0v) is 10.8. The molecule has 0 radical (unpaired) electrons. The van der Waals surface area contributed by atoms with Crippen molar-refractivity contribution in [1.29, 1.82) is 0 Å². The number of nitrogens with two attached hydrogens (primary N) is 1. The van der Waals surface area contributed by atoms with Crippen LogP contribution in [0.5, 0.6) is 0 Å². The van der Waals surface area contributed by atoms with E-state index in [0.717, 1.165) is 19.3 Å². The van der Waals surface area contributed by atoms with Crippen LogP contribution in [0.1, 0.15) is 26.2 Å². The predicted octanol–water partition coefficient (Wildman–Crippen LogP) is 0.938. The average molecular weight is 244 g/mol. The zero-order chi connectivity index (χ0) is 12.2. The summed E-state index contributed by atoms with van der Waals surface area (Å²) in [6, 6.07) is 0. The first-order valence-corrected chi connectivity index (χ1v) is 6.08. The molecule has 2 N–H and O–H groups in total. The molecule has 0 atom stereocenters. The number of nitrogens with zero attached hydrogens (tertiary/aromatic N) is 1. The van der Waals surface area contributed by atoms with Crippen LogP contribution in [0.15, 0.2) is 0 Å². The number of carbonyl (C=O) groups is 1. The third-order valence-electron chi connectivity index (χ3n) is 3.21. The Bertz CT molecular complexity index is 277. The van der Waals surface area contributed by atoms with E-state index in [9.17, 15) is 4.79 Å². The summed E-state index contributed by atoms with van der Waals surface area (Å²) < 4.78 is 5.22. The molecule has 0 aliphatic heterocycles. The molecule has 1 saturated carbocycles. The lowest BCUT2D eigenvalue weighted by atomic mass is 9.67. The summed E-state index contributed by atoms with van der Waals surface area (Å²) in [4.78, 5) is 14.2. The lowest BCUT2D eigenvalue weighted by Gasteiger charge is -2.41. The molecule has 92 valence electrons. The van der Waals surface area contributed by atoms with Crippen molar-refractivity contribution < 1.29 is 9.53 Å². The molecule has 5 heteroatoms. The van der Waals surface area contributed by atoms with Gasteiger partial charge in [0.1, 0.15) is 0 Å². The van der Waals surface area contributed by atoms with Crippen LogP contribution in [-0.2, 0) is 9.53 Å². The Hall–Kier alpha value is -0.680. The van der Waals surface area contributed by atoms with E-state index >= 15 is 0 Å². The highest BCUT2D eigenvalue weighted by molar-refractivity contribution is 7.80. The second-order valence-electron chi connectivity index (χ2n) is 4.22. The number of rotatable bonds is 6. The van der Waals surface area contributed by atoms with Gasteiger partial charge in [-0.1, -0.05) is 18.6 Å². The van der Waals surface area contributed by atoms with Gasteiger partial charge in [0.05, 0.1) is 17.0 Å². The van der Waals surface area contributed by atoms with Gasteiger partial charge in [-0.05, 0) is 19.8 Å². The molecule has 1 fully saturated rings. The van der Waals surface area contributed by atoms with Crippen LogP contribution < -0.4 is 5.73 Å². The van der Waals surface area contributed by atoms with Crippen molar-refractivity contribution in [2.75, 3.05) is 26.8 Å². The summed E-state index contributed by atoms with van der Waals surface area (Å²) in [6.07, 6.45) is 2.61. The molecule has 0 bridgehead atoms. The molecule has 1 aliphatic rings. The highest BCUT2D eigenvalue weighted by atomic mass is 32.1. The fourth-order valence-electron chi connectivity index (χ4n) is 1.91. The maximum Gasteiger partial charge on any atom is 0.235 e. The normalized spacial score (nSPS) is 17.6. The molecule has 0 aromatic carbocycles. The van der Waals surface area contributed by atoms with Crippen molar-refractivity contribution in [3.8, 4) is 0 Å². The van der Waals surface area contributed by atoms with Crippen LogP contribution in [0, 0.1) is 5.41 Å². The van der Waals surface area contributed by atoms with Crippen LogP contribution in [-0.4, -0.2) is 42.6 Å². The van der Waals surface area contributed by atoms with E-state index in [1.165, 1.54) is 0 Å². The Labute approximate surface area is 102 Å². The Kier molecular flexibility index (Phi) is 4.68. The minimum absolute atomic E-state index is 0.0472. The Morgan fingerprint density at radius 1 is 1.56 bits per heavy atom. The summed E-state index contributed by atoms with van der Waals surface area (Å²) in [5.74, 6) is 0.0472. The van der Waals surface area contributed by atoms with Gasteiger partial charge < -0.3 is 15.4 Å². The molecular formula is C11H20N2O2S. The van der Waals surface area contributed by atoms with Gasteiger partial charge in [0.25, 0.3) is 0 Å². The van der Waals surface area contributed by atoms with Crippen LogP contribution in [0.2, 0.25) is 0 Å². The van der Waals surface area contributed by atoms with Crippen LogP contribution in [0.4, 0.5) is 0 Å². The number of hydrogen-bond acceptors (Lipinski definition) is 3. The number of likely N-dealkylation sites (N-methyl/N-ethyl adjacent to an activating group) is 1. The molecule has 1 rings (SSSR count). The summed E-state index contributed by atoms with van der Waals surface area (Å²) >= 11 is 5.01. The molecule has 1 aliphatic carbocycles. The van der Waals surface area contributed by atoms with Gasteiger partial charge in [0, 0.05) is 20.2 Å². The first-order valence-electron chi connectivity index (χ1n) is 5.68. The predicted molar refractivity (Wildman–Crippen MR) is 67.2 cm³/mol. The fraction of sp³-hybridized carbons (Fsp3) is 0.818. The van der Waals surface area contributed by atoms with E-state index in [1.54, 1.807) is 11.9 Å². The number of hydrogen-bond donors (Lipinski definition) is 1. The fourth-order valence-corrected chi connectivity index (χ4v) is 2.20. The molecule has 0 spiro atoms. The summed E-state index contributed by atoms with van der Waals surface area (Å²) in [7, 11) is 1.78. The van der Waals surface area contributed by atoms with Gasteiger partial charge in [-0.2, -0.15) is 0 Å². The zero-order valence-electron chi connectivity index (χ0n) is 9.99. The van der Waals surface area contributed by atoms with Crippen LogP contribution in [0.25, 0.3) is 0 Å². The third-order valence-corrected chi connectivity index (χ3v) is 3.60. The third kappa shape index (κ3) is 2.52. The van der Waals surface area contributed by atoms with E-state index in [-0.39, 0.29) is 5.91 Å². The van der Waals surface area contributed by atoms with Crippen molar-refractivity contribution in [1.82, 2.24) is 4.90 Å². The summed E-state index contributed by atoms with van der Waals surface area (Å²) in [5, 5.41) is 0. The molecule has 0 heterocycles. The van der Waals surface area contributed by atoms with E-state index in [2.05, 4.69) is 0 Å². The van der Waals surface area contributed by atoms with Crippen LogP contribution >= 0.6 is 12.2 Å². The Morgan fingerprint density at radius 2 is 2.19 bits per heavy atom. The number of thiocarbonyl (C=S) groups is 1. The number of ether oxygens (including phenoxy) is 1. The van der Waals surface area contributed by atoms with Gasteiger partial charge in [0.15, 0.2) is 0 Å². The highest BCUT2D eigenvalue weighted by Gasteiger charge is 2.48. The standard InChI is InChI=1S/C11H20N2O2S/c1-3-15-8-7-13(2)10(14)11(9(12)16)5-4-6-11/h3-8H2,1-2H3,(H2,12,16). The highest BCUT2D eigenvalue weighted by Crippen LogP contribution is 2.42. The van der Waals surface area contributed by atoms with Gasteiger partial charge in [-0.3, -0.25) is 4.79 Å². The smallest absolute Gasteiger partial charge is 0.235 e. The second kappa shape index (κ2) is 5.59. The van der Waals surface area contributed by atoms with E-state index in [0.29, 0.717) is 24.7 Å². The summed E-state index contributed by atoms with van der Waals surface area (Å²) in [6.45, 7) is 3.76. The molecule has 4 nitrogen and oxygen atoms in total. The lowest BCUT2D eigenvalue weighted by Crippen LogP contribution is -2.54. The van der Waals surface area contributed by atoms with E-state index in [1.807, 2.05) is 6.92 Å². The van der Waals surface area contributed by atoms with Crippen molar-refractivity contribution in [3.63, 3.8) is 0 Å². The second-order valence-corrected chi connectivity index (χ2v) is 4.66. The van der Waals surface area contributed by atoms with Crippen molar-refractivity contribution >= 4 is 23.1 Å². The van der Waals surface area contributed by atoms with Gasteiger partial charge >= 0.3 is 0 Å². The molecule has 16 heavy (non-hydrogen) atoms. The maximum absolute atomic E-state index is 12.2. The number of carbonyl (C=O) groups excluding carboxylic acids is 1. The molecule has 0 aromatic rings. The first kappa shape index (κ1) is 13.4. The van der Waals surface area contributed by atoms with Gasteiger partial charge in [-0.25, -0.2) is 0 Å². The molecule has 0 saturated heterocycles. The number of amides is 1. The topological polar surface area (TPSA) is 55.6 Å². The summed E-state index contributed by atoms with van der Waals surface area (Å²) in [5.41, 5.74) is 5.12. The largest absolute Gasteiger partial charge is 0.392 e. The van der Waals surface area contributed by atoms with Crippen molar-refractivity contribution in [2.45, 2.75) is 26.2 Å². The van der Waals surface area contributed by atoms with Crippen LogP contribution in [0.3, 0.4) is 0 Å². The lowest BCUT2D eigenvalue weighted by molar-refractivity contribution is -0.141. The minimum atomic E-state index is -0.559. The van der Waals surface area contributed by atoms with E-state index < -0.39 is 5.41 Å². The van der Waals surface area contributed by atoms with Gasteiger partial charge in [0.2, 0.25) is 5.91 Å².